The van der Waals surface area contributed by atoms with Crippen LogP contribution in [0, 0.1) is 0 Å². The number of pyridine rings is 2. The van der Waals surface area contributed by atoms with E-state index in [-0.39, 0.29) is 5.91 Å². The normalized spacial score (nSPS) is 11.3. The Kier molecular flexibility index (Phi) is 6.21. The van der Waals surface area contributed by atoms with Gasteiger partial charge in [-0.15, -0.1) is 0 Å². The Morgan fingerprint density at radius 2 is 2.04 bits per heavy atom. The highest BCUT2D eigenvalue weighted by molar-refractivity contribution is 6.04. The molecule has 0 atom stereocenters. The van der Waals surface area contributed by atoms with Gasteiger partial charge in [0, 0.05) is 32.1 Å². The molecule has 0 bridgehead atoms. The van der Waals surface area contributed by atoms with Gasteiger partial charge in [-0.25, -0.2) is 9.97 Å². The summed E-state index contributed by atoms with van der Waals surface area (Å²) in [6.45, 7) is 5.57. The lowest BCUT2D eigenvalue weighted by molar-refractivity contribution is -0.120. The van der Waals surface area contributed by atoms with Gasteiger partial charge >= 0.3 is 0 Å². The van der Waals surface area contributed by atoms with E-state index in [4.69, 9.17) is 10.7 Å². The molecular weight excluding hydrogens is 340 g/mol. The molecule has 3 aromatic heterocycles. The van der Waals surface area contributed by atoms with Gasteiger partial charge in [0.25, 0.3) is 0 Å². The minimum atomic E-state index is 0.0979. The number of nitrogens with one attached hydrogen (secondary N) is 1. The largest absolute Gasteiger partial charge is 0.382 e. The van der Waals surface area contributed by atoms with Crippen LogP contribution < -0.4 is 11.1 Å². The van der Waals surface area contributed by atoms with Crippen LogP contribution in [0.5, 0.6) is 0 Å². The van der Waals surface area contributed by atoms with E-state index >= 15 is 0 Å². The molecule has 3 rings (SSSR count). The standard InChI is InChI=1S/C20H28N6O/c1-3-5-10-15-25-18-19(17-14(24-20(18)21)9-8-12-23-17)26(15)13-7-6-11-22-16(27)4-2/h8-9,12H,3-7,10-11,13H2,1-2H3,(H2,21,24)(H,22,27). The van der Waals surface area contributed by atoms with Gasteiger partial charge in [0.2, 0.25) is 5.91 Å². The number of aromatic nitrogens is 4. The summed E-state index contributed by atoms with van der Waals surface area (Å²) in [5.41, 5.74) is 9.55. The highest BCUT2D eigenvalue weighted by Gasteiger charge is 2.17. The molecule has 144 valence electrons. The summed E-state index contributed by atoms with van der Waals surface area (Å²) in [5.74, 6) is 1.59. The SMILES string of the molecule is CCCCc1nc2c(N)nc3cccnc3c2n1CCCCNC(=O)CC. The Morgan fingerprint density at radius 3 is 2.81 bits per heavy atom. The van der Waals surface area contributed by atoms with Crippen LogP contribution in [0.1, 0.15) is 51.8 Å². The number of hydrogen-bond donors (Lipinski definition) is 2. The molecule has 0 unspecified atom stereocenters. The minimum absolute atomic E-state index is 0.0979. The maximum absolute atomic E-state index is 11.4. The fourth-order valence-corrected chi connectivity index (χ4v) is 3.28. The van der Waals surface area contributed by atoms with Crippen molar-refractivity contribution in [3.05, 3.63) is 24.2 Å². The number of nitrogens with zero attached hydrogens (tertiary/aromatic N) is 4. The van der Waals surface area contributed by atoms with Crippen LogP contribution in [0.4, 0.5) is 5.82 Å². The molecule has 0 fully saturated rings. The van der Waals surface area contributed by atoms with Gasteiger partial charge in [-0.3, -0.25) is 9.78 Å². The average Bonchev–Trinajstić information content (AvgIpc) is 3.05. The van der Waals surface area contributed by atoms with Gasteiger partial charge in [0.15, 0.2) is 5.82 Å². The second-order valence-electron chi connectivity index (χ2n) is 6.76. The van der Waals surface area contributed by atoms with Crippen LogP contribution in [0.2, 0.25) is 0 Å². The van der Waals surface area contributed by atoms with Gasteiger partial charge in [-0.1, -0.05) is 20.3 Å². The van der Waals surface area contributed by atoms with E-state index in [1.165, 1.54) is 0 Å². The zero-order valence-corrected chi connectivity index (χ0v) is 16.2. The first-order valence-electron chi connectivity index (χ1n) is 9.81. The molecule has 0 saturated heterocycles. The van der Waals surface area contributed by atoms with Crippen molar-refractivity contribution in [3.8, 4) is 0 Å². The number of nitrogens with two attached hydrogens (primary N) is 1. The Morgan fingerprint density at radius 1 is 1.19 bits per heavy atom. The molecule has 3 N–H and O–H groups in total. The molecular formula is C20H28N6O. The Hall–Kier alpha value is -2.70. The molecule has 0 spiro atoms. The molecule has 0 aromatic carbocycles. The fourth-order valence-electron chi connectivity index (χ4n) is 3.28. The van der Waals surface area contributed by atoms with Gasteiger partial charge < -0.3 is 15.6 Å². The Labute approximate surface area is 159 Å². The van der Waals surface area contributed by atoms with Crippen LogP contribution >= 0.6 is 0 Å². The lowest BCUT2D eigenvalue weighted by Crippen LogP contribution is -2.23. The van der Waals surface area contributed by atoms with E-state index in [0.29, 0.717) is 18.8 Å². The van der Waals surface area contributed by atoms with Crippen molar-refractivity contribution in [1.29, 1.82) is 0 Å². The maximum Gasteiger partial charge on any atom is 0.219 e. The summed E-state index contributed by atoms with van der Waals surface area (Å²) in [6.07, 6.45) is 7.27. The average molecular weight is 368 g/mol. The summed E-state index contributed by atoms with van der Waals surface area (Å²) in [4.78, 5) is 25.2. The third-order valence-corrected chi connectivity index (χ3v) is 4.75. The molecule has 7 heteroatoms. The van der Waals surface area contributed by atoms with Gasteiger partial charge in [0.1, 0.15) is 22.4 Å². The van der Waals surface area contributed by atoms with Crippen molar-refractivity contribution in [2.45, 2.75) is 58.9 Å². The first-order valence-corrected chi connectivity index (χ1v) is 9.81. The van der Waals surface area contributed by atoms with Crippen molar-refractivity contribution in [1.82, 2.24) is 24.8 Å². The van der Waals surface area contributed by atoms with Crippen molar-refractivity contribution < 1.29 is 4.79 Å². The lowest BCUT2D eigenvalue weighted by atomic mass is 10.2. The second-order valence-corrected chi connectivity index (χ2v) is 6.76. The van der Waals surface area contributed by atoms with Crippen molar-refractivity contribution in [2.75, 3.05) is 12.3 Å². The number of carbonyl (C=O) groups is 1. The summed E-state index contributed by atoms with van der Waals surface area (Å²) in [6, 6.07) is 3.80. The number of aryl methyl sites for hydroxylation is 2. The molecule has 0 aliphatic heterocycles. The maximum atomic E-state index is 11.4. The number of amides is 1. The first-order chi connectivity index (χ1) is 13.2. The molecule has 3 aromatic rings. The predicted octanol–water partition coefficient (Wildman–Crippen LogP) is 3.21. The van der Waals surface area contributed by atoms with E-state index in [0.717, 1.165) is 66.5 Å². The number of unbranched alkanes of at least 4 members (excludes halogenated alkanes) is 2. The highest BCUT2D eigenvalue weighted by Crippen LogP contribution is 2.28. The lowest BCUT2D eigenvalue weighted by Gasteiger charge is -2.11. The molecule has 1 amide bonds. The Balaban J connectivity index is 1.91. The molecule has 0 aliphatic rings. The fraction of sp³-hybridized carbons (Fsp3) is 0.500. The van der Waals surface area contributed by atoms with E-state index in [9.17, 15) is 4.79 Å². The summed E-state index contributed by atoms with van der Waals surface area (Å²) >= 11 is 0. The number of rotatable bonds is 9. The van der Waals surface area contributed by atoms with Gasteiger partial charge in [0.05, 0.1) is 5.52 Å². The number of fused-ring (bicyclic) bond motifs is 3. The summed E-state index contributed by atoms with van der Waals surface area (Å²) < 4.78 is 2.25. The number of carbonyl (C=O) groups excluding carboxylic acids is 1. The highest BCUT2D eigenvalue weighted by atomic mass is 16.1. The van der Waals surface area contributed by atoms with Crippen LogP contribution in [0.15, 0.2) is 18.3 Å². The number of imidazole rings is 1. The minimum Gasteiger partial charge on any atom is -0.382 e. The molecule has 0 aliphatic carbocycles. The third kappa shape index (κ3) is 4.18. The van der Waals surface area contributed by atoms with E-state index in [1.807, 2.05) is 19.1 Å². The van der Waals surface area contributed by atoms with Crippen molar-refractivity contribution >= 4 is 33.8 Å². The summed E-state index contributed by atoms with van der Waals surface area (Å²) in [7, 11) is 0. The van der Waals surface area contributed by atoms with E-state index in [1.54, 1.807) is 6.20 Å². The topological polar surface area (TPSA) is 98.7 Å². The van der Waals surface area contributed by atoms with E-state index in [2.05, 4.69) is 26.8 Å². The number of hydrogen-bond acceptors (Lipinski definition) is 5. The predicted molar refractivity (Wildman–Crippen MR) is 108 cm³/mol. The van der Waals surface area contributed by atoms with Crippen LogP contribution in [0.25, 0.3) is 22.1 Å². The van der Waals surface area contributed by atoms with Gasteiger partial charge in [-0.2, -0.15) is 0 Å². The molecule has 0 radical (unpaired) electrons. The third-order valence-electron chi connectivity index (χ3n) is 4.75. The smallest absolute Gasteiger partial charge is 0.219 e. The van der Waals surface area contributed by atoms with Gasteiger partial charge in [-0.05, 0) is 31.4 Å². The van der Waals surface area contributed by atoms with Crippen molar-refractivity contribution in [3.63, 3.8) is 0 Å². The molecule has 3 heterocycles. The van der Waals surface area contributed by atoms with Crippen LogP contribution in [-0.2, 0) is 17.8 Å². The molecule has 0 saturated carbocycles. The molecule has 27 heavy (non-hydrogen) atoms. The van der Waals surface area contributed by atoms with Crippen LogP contribution in [0.3, 0.4) is 0 Å². The summed E-state index contributed by atoms with van der Waals surface area (Å²) in [5, 5.41) is 2.93. The molecule has 7 nitrogen and oxygen atoms in total. The van der Waals surface area contributed by atoms with Crippen molar-refractivity contribution in [2.24, 2.45) is 0 Å². The number of nitrogen functional groups attached to an aromatic ring is 1. The zero-order chi connectivity index (χ0) is 19.2. The van der Waals surface area contributed by atoms with E-state index < -0.39 is 0 Å². The Bertz CT molecular complexity index is 933. The zero-order valence-electron chi connectivity index (χ0n) is 16.2. The number of anilines is 1. The first kappa shape index (κ1) is 19.1. The second kappa shape index (κ2) is 8.79. The monoisotopic (exact) mass is 368 g/mol. The quantitative estimate of drug-likeness (QED) is 0.565. The van der Waals surface area contributed by atoms with Crippen LogP contribution in [-0.4, -0.2) is 32.0 Å².